The fourth-order valence-corrected chi connectivity index (χ4v) is 2.58. The molecule has 0 spiro atoms. The van der Waals surface area contributed by atoms with E-state index in [0.29, 0.717) is 12.8 Å². The highest BCUT2D eigenvalue weighted by atomic mass is 15.3. The molecular weight excluding hydrogens is 302 g/mol. The molecule has 7 nitrogen and oxygen atoms in total. The van der Waals surface area contributed by atoms with Crippen LogP contribution in [0.25, 0.3) is 11.3 Å². The number of hydrogen-bond acceptors (Lipinski definition) is 5. The van der Waals surface area contributed by atoms with Gasteiger partial charge in [-0.1, -0.05) is 18.2 Å². The summed E-state index contributed by atoms with van der Waals surface area (Å²) in [6, 6.07) is 9.95. The van der Waals surface area contributed by atoms with Gasteiger partial charge in [0.2, 0.25) is 0 Å². The van der Waals surface area contributed by atoms with Crippen LogP contribution in [0.5, 0.6) is 0 Å². The maximum atomic E-state index is 4.58. The summed E-state index contributed by atoms with van der Waals surface area (Å²) in [6.07, 6.45) is 4.94. The van der Waals surface area contributed by atoms with Crippen LogP contribution in [0.15, 0.2) is 42.9 Å². The van der Waals surface area contributed by atoms with E-state index in [2.05, 4.69) is 25.1 Å². The third kappa shape index (κ3) is 2.64. The number of benzene rings is 1. The van der Waals surface area contributed by atoms with E-state index in [9.17, 15) is 0 Å². The standard InChI is InChI=1S/C17H17N7/c1-12-10-18-13(2)17-20-16(22-24(12)17)9-8-15-19-11-23(21-15)14-6-4-3-5-7-14/h3-7,10-11H,8-9H2,1-2H3. The van der Waals surface area contributed by atoms with E-state index >= 15 is 0 Å². The van der Waals surface area contributed by atoms with Crippen molar-refractivity contribution >= 4 is 5.65 Å². The summed E-state index contributed by atoms with van der Waals surface area (Å²) >= 11 is 0. The van der Waals surface area contributed by atoms with Crippen molar-refractivity contribution in [1.29, 1.82) is 0 Å². The molecule has 120 valence electrons. The van der Waals surface area contributed by atoms with Crippen molar-refractivity contribution in [1.82, 2.24) is 34.3 Å². The molecule has 7 heteroatoms. The number of hydrogen-bond donors (Lipinski definition) is 0. The zero-order valence-corrected chi connectivity index (χ0v) is 13.6. The van der Waals surface area contributed by atoms with Gasteiger partial charge in [-0.25, -0.2) is 19.2 Å². The quantitative estimate of drug-likeness (QED) is 0.576. The molecule has 0 aliphatic carbocycles. The fraction of sp³-hybridized carbons (Fsp3) is 0.235. The second-order valence-corrected chi connectivity index (χ2v) is 5.69. The molecule has 0 bridgehead atoms. The molecule has 0 unspecified atom stereocenters. The molecular formula is C17H17N7. The summed E-state index contributed by atoms with van der Waals surface area (Å²) in [5, 5.41) is 9.07. The zero-order chi connectivity index (χ0) is 16.5. The lowest BCUT2D eigenvalue weighted by molar-refractivity contribution is 0.773. The Morgan fingerprint density at radius 3 is 2.50 bits per heavy atom. The Morgan fingerprint density at radius 2 is 1.71 bits per heavy atom. The Labute approximate surface area is 139 Å². The first-order chi connectivity index (χ1) is 11.7. The van der Waals surface area contributed by atoms with E-state index in [4.69, 9.17) is 0 Å². The third-order valence-corrected chi connectivity index (χ3v) is 3.89. The van der Waals surface area contributed by atoms with Gasteiger partial charge in [0, 0.05) is 19.0 Å². The minimum Gasteiger partial charge on any atom is -0.256 e. The van der Waals surface area contributed by atoms with Crippen molar-refractivity contribution in [3.8, 4) is 5.69 Å². The average molecular weight is 319 g/mol. The molecule has 4 rings (SSSR count). The largest absolute Gasteiger partial charge is 0.256 e. The van der Waals surface area contributed by atoms with Gasteiger partial charge in [0.05, 0.1) is 17.1 Å². The van der Waals surface area contributed by atoms with E-state index < -0.39 is 0 Å². The van der Waals surface area contributed by atoms with E-state index in [1.54, 1.807) is 11.0 Å². The SMILES string of the molecule is Cc1ncc(C)n2nc(CCc3ncn(-c4ccccc4)n3)nc12. The van der Waals surface area contributed by atoms with Crippen LogP contribution in [0.2, 0.25) is 0 Å². The van der Waals surface area contributed by atoms with Crippen LogP contribution in [-0.2, 0) is 12.8 Å². The maximum Gasteiger partial charge on any atom is 0.177 e. The number of rotatable bonds is 4. The molecule has 24 heavy (non-hydrogen) atoms. The maximum absolute atomic E-state index is 4.58. The van der Waals surface area contributed by atoms with E-state index in [1.165, 1.54) is 0 Å². The summed E-state index contributed by atoms with van der Waals surface area (Å²) in [6.45, 7) is 3.91. The molecule has 0 N–H and O–H groups in total. The lowest BCUT2D eigenvalue weighted by Crippen LogP contribution is -1.99. The predicted molar refractivity (Wildman–Crippen MR) is 89.0 cm³/mol. The highest BCUT2D eigenvalue weighted by Crippen LogP contribution is 2.10. The van der Waals surface area contributed by atoms with Crippen LogP contribution in [0.1, 0.15) is 23.0 Å². The monoisotopic (exact) mass is 319 g/mol. The summed E-state index contributed by atoms with van der Waals surface area (Å²) in [5.41, 5.74) is 3.67. The predicted octanol–water partition coefficient (Wildman–Crippen LogP) is 2.11. The smallest absolute Gasteiger partial charge is 0.177 e. The van der Waals surface area contributed by atoms with Gasteiger partial charge in [-0.2, -0.15) is 10.2 Å². The highest BCUT2D eigenvalue weighted by Gasteiger charge is 2.10. The van der Waals surface area contributed by atoms with Gasteiger partial charge >= 0.3 is 0 Å². The third-order valence-electron chi connectivity index (χ3n) is 3.89. The van der Waals surface area contributed by atoms with Crippen LogP contribution in [0.3, 0.4) is 0 Å². The van der Waals surface area contributed by atoms with Gasteiger partial charge in [0.15, 0.2) is 17.3 Å². The van der Waals surface area contributed by atoms with Crippen molar-refractivity contribution in [2.75, 3.05) is 0 Å². The Balaban J connectivity index is 1.52. The molecule has 3 heterocycles. The zero-order valence-electron chi connectivity index (χ0n) is 13.6. The van der Waals surface area contributed by atoms with Gasteiger partial charge < -0.3 is 0 Å². The van der Waals surface area contributed by atoms with Gasteiger partial charge in [0.25, 0.3) is 0 Å². The first-order valence-corrected chi connectivity index (χ1v) is 7.84. The number of nitrogens with zero attached hydrogens (tertiary/aromatic N) is 7. The summed E-state index contributed by atoms with van der Waals surface area (Å²) in [4.78, 5) is 13.3. The summed E-state index contributed by atoms with van der Waals surface area (Å²) in [5.74, 6) is 1.56. The van der Waals surface area contributed by atoms with Gasteiger partial charge in [0.1, 0.15) is 6.33 Å². The first kappa shape index (κ1) is 14.5. The van der Waals surface area contributed by atoms with Gasteiger partial charge in [-0.05, 0) is 26.0 Å². The van der Waals surface area contributed by atoms with Gasteiger partial charge in [-0.3, -0.25) is 4.98 Å². The normalized spacial score (nSPS) is 11.2. The molecule has 0 saturated carbocycles. The molecule has 0 radical (unpaired) electrons. The van der Waals surface area contributed by atoms with Crippen LogP contribution in [-0.4, -0.2) is 34.3 Å². The summed E-state index contributed by atoms with van der Waals surface area (Å²) in [7, 11) is 0. The Bertz CT molecular complexity index is 946. The lowest BCUT2D eigenvalue weighted by atomic mass is 10.3. The molecule has 3 aromatic heterocycles. The van der Waals surface area contributed by atoms with Crippen molar-refractivity contribution in [3.63, 3.8) is 0 Å². The molecule has 0 saturated heterocycles. The molecule has 4 aromatic rings. The summed E-state index contributed by atoms with van der Waals surface area (Å²) < 4.78 is 3.62. The van der Waals surface area contributed by atoms with E-state index in [0.717, 1.165) is 34.4 Å². The first-order valence-electron chi connectivity index (χ1n) is 7.84. The fourth-order valence-electron chi connectivity index (χ4n) is 2.58. The van der Waals surface area contributed by atoms with E-state index in [1.807, 2.05) is 54.9 Å². The van der Waals surface area contributed by atoms with Crippen LogP contribution in [0, 0.1) is 13.8 Å². The number of aryl methyl sites for hydroxylation is 4. The number of aromatic nitrogens is 7. The molecule has 0 atom stereocenters. The molecule has 0 amide bonds. The Kier molecular flexibility index (Phi) is 3.53. The minimum absolute atomic E-state index is 0.694. The topological polar surface area (TPSA) is 73.8 Å². The second-order valence-electron chi connectivity index (χ2n) is 5.69. The van der Waals surface area contributed by atoms with Crippen LogP contribution < -0.4 is 0 Å². The van der Waals surface area contributed by atoms with Crippen molar-refractivity contribution in [2.24, 2.45) is 0 Å². The van der Waals surface area contributed by atoms with Crippen molar-refractivity contribution < 1.29 is 0 Å². The molecule has 0 aliphatic rings. The molecule has 0 aliphatic heterocycles. The lowest BCUT2D eigenvalue weighted by Gasteiger charge is -1.98. The number of para-hydroxylation sites is 1. The molecule has 1 aromatic carbocycles. The Hall–Kier alpha value is -3.09. The van der Waals surface area contributed by atoms with Crippen LogP contribution in [0.4, 0.5) is 0 Å². The second kappa shape index (κ2) is 5.84. The minimum atomic E-state index is 0.694. The van der Waals surface area contributed by atoms with E-state index in [-0.39, 0.29) is 0 Å². The number of fused-ring (bicyclic) bond motifs is 1. The highest BCUT2D eigenvalue weighted by molar-refractivity contribution is 5.43. The van der Waals surface area contributed by atoms with Crippen molar-refractivity contribution in [3.05, 3.63) is 65.9 Å². The van der Waals surface area contributed by atoms with Gasteiger partial charge in [-0.15, -0.1) is 0 Å². The molecule has 0 fully saturated rings. The Morgan fingerprint density at radius 1 is 0.917 bits per heavy atom. The van der Waals surface area contributed by atoms with Crippen molar-refractivity contribution in [2.45, 2.75) is 26.7 Å². The average Bonchev–Trinajstić information content (AvgIpc) is 3.25. The van der Waals surface area contributed by atoms with Crippen LogP contribution >= 0.6 is 0 Å².